The third kappa shape index (κ3) is 48.8. The molecule has 0 saturated heterocycles. The maximum atomic E-state index is 12.8. The largest absolute Gasteiger partial charge is 0.462 e. The van der Waals surface area contributed by atoms with Crippen molar-refractivity contribution in [2.75, 3.05) is 13.2 Å². The van der Waals surface area contributed by atoms with E-state index in [2.05, 4.69) is 118 Å². The van der Waals surface area contributed by atoms with Crippen molar-refractivity contribution in [2.45, 2.75) is 213 Å². The van der Waals surface area contributed by atoms with E-state index in [-0.39, 0.29) is 44.0 Å². The summed E-state index contributed by atoms with van der Waals surface area (Å²) in [5.41, 5.74) is 0. The lowest BCUT2D eigenvalue weighted by Crippen LogP contribution is -2.30. The van der Waals surface area contributed by atoms with Crippen LogP contribution < -0.4 is 0 Å². The van der Waals surface area contributed by atoms with Gasteiger partial charge in [0.1, 0.15) is 13.2 Å². The molecule has 0 aliphatic carbocycles. The molecular weight excluding hydrogens is 793 g/mol. The molecule has 0 rings (SSSR count). The van der Waals surface area contributed by atoms with E-state index in [0.717, 1.165) is 109 Å². The van der Waals surface area contributed by atoms with E-state index in [4.69, 9.17) is 14.2 Å². The van der Waals surface area contributed by atoms with E-state index in [0.29, 0.717) is 12.8 Å². The highest BCUT2D eigenvalue weighted by molar-refractivity contribution is 5.71. The van der Waals surface area contributed by atoms with Crippen LogP contribution in [0.2, 0.25) is 0 Å². The lowest BCUT2D eigenvalue weighted by molar-refractivity contribution is -0.167. The molecule has 0 aromatic heterocycles. The van der Waals surface area contributed by atoms with Crippen LogP contribution in [-0.4, -0.2) is 37.2 Å². The van der Waals surface area contributed by atoms with Crippen LogP contribution in [0.25, 0.3) is 0 Å². The van der Waals surface area contributed by atoms with E-state index in [9.17, 15) is 14.4 Å². The molecule has 0 heterocycles. The summed E-state index contributed by atoms with van der Waals surface area (Å²) < 4.78 is 16.7. The van der Waals surface area contributed by atoms with Gasteiger partial charge >= 0.3 is 17.9 Å². The number of hydrogen-bond acceptors (Lipinski definition) is 6. The molecule has 0 fully saturated rings. The second-order valence-electron chi connectivity index (χ2n) is 16.4. The van der Waals surface area contributed by atoms with Gasteiger partial charge in [-0.3, -0.25) is 14.4 Å². The number of rotatable bonds is 44. The molecule has 6 heteroatoms. The number of hydrogen-bond donors (Lipinski definition) is 0. The maximum absolute atomic E-state index is 12.8. The second kappa shape index (κ2) is 51.4. The first kappa shape index (κ1) is 59.8. The fourth-order valence-electron chi connectivity index (χ4n) is 6.48. The van der Waals surface area contributed by atoms with Gasteiger partial charge < -0.3 is 14.2 Å². The monoisotopic (exact) mass is 885 g/mol. The topological polar surface area (TPSA) is 78.9 Å². The molecule has 64 heavy (non-hydrogen) atoms. The van der Waals surface area contributed by atoms with Gasteiger partial charge in [0.05, 0.1) is 0 Å². The molecule has 0 N–H and O–H groups in total. The van der Waals surface area contributed by atoms with Crippen molar-refractivity contribution in [1.82, 2.24) is 0 Å². The summed E-state index contributed by atoms with van der Waals surface area (Å²) in [6.45, 7) is 6.27. The van der Waals surface area contributed by atoms with Crippen LogP contribution in [-0.2, 0) is 28.6 Å². The van der Waals surface area contributed by atoms with Crippen LogP contribution >= 0.6 is 0 Å². The van der Waals surface area contributed by atoms with Gasteiger partial charge in [0.15, 0.2) is 6.10 Å². The fourth-order valence-corrected chi connectivity index (χ4v) is 6.48. The number of unbranched alkanes of at least 4 members (excludes halogenated alkanes) is 16. The average Bonchev–Trinajstić information content (AvgIpc) is 3.29. The normalized spacial score (nSPS) is 13.1. The first-order valence-electron chi connectivity index (χ1n) is 25.6. The number of esters is 3. The van der Waals surface area contributed by atoms with Crippen molar-refractivity contribution in [2.24, 2.45) is 0 Å². The van der Waals surface area contributed by atoms with Crippen molar-refractivity contribution < 1.29 is 28.6 Å². The molecule has 360 valence electrons. The minimum atomic E-state index is -0.819. The molecule has 0 bridgehead atoms. The van der Waals surface area contributed by atoms with E-state index in [1.807, 2.05) is 24.3 Å². The first-order chi connectivity index (χ1) is 31.5. The van der Waals surface area contributed by atoms with Crippen molar-refractivity contribution in [3.05, 3.63) is 122 Å². The average molecular weight is 885 g/mol. The molecule has 0 radical (unpaired) electrons. The highest BCUT2D eigenvalue weighted by Gasteiger charge is 2.19. The minimum Gasteiger partial charge on any atom is -0.462 e. The van der Waals surface area contributed by atoms with E-state index < -0.39 is 6.10 Å². The number of carbonyl (C=O) groups excluding carboxylic acids is 3. The van der Waals surface area contributed by atoms with E-state index in [1.165, 1.54) is 51.4 Å². The summed E-state index contributed by atoms with van der Waals surface area (Å²) in [5.74, 6) is -1.01. The van der Waals surface area contributed by atoms with E-state index >= 15 is 0 Å². The Bertz CT molecular complexity index is 1390. The molecular formula is C58H92O6. The summed E-state index contributed by atoms with van der Waals surface area (Å²) >= 11 is 0. The van der Waals surface area contributed by atoms with Gasteiger partial charge in [-0.15, -0.1) is 0 Å². The summed E-state index contributed by atoms with van der Waals surface area (Å²) in [5, 5.41) is 0. The summed E-state index contributed by atoms with van der Waals surface area (Å²) in [7, 11) is 0. The molecule has 1 atom stereocenters. The SMILES string of the molecule is CC\C=C/C=C\C=C/C=C\CCCCCCCC(=O)OC(COC(=O)CCC/C=C\C/C=C\C/C=C\C/C=C\CCCCC)COC(=O)CCCCCCCCC/C=C\C/C=C\CC. The van der Waals surface area contributed by atoms with Crippen LogP contribution in [0.5, 0.6) is 0 Å². The summed E-state index contributed by atoms with van der Waals surface area (Å²) in [6, 6.07) is 0. The Morgan fingerprint density at radius 3 is 1.20 bits per heavy atom. The Morgan fingerprint density at radius 1 is 0.344 bits per heavy atom. The van der Waals surface area contributed by atoms with Crippen LogP contribution in [0, 0.1) is 0 Å². The summed E-state index contributed by atoms with van der Waals surface area (Å²) in [6.07, 6.45) is 70.4. The number of carbonyl (C=O) groups is 3. The first-order valence-corrected chi connectivity index (χ1v) is 25.6. The summed E-state index contributed by atoms with van der Waals surface area (Å²) in [4.78, 5) is 38.0. The van der Waals surface area contributed by atoms with E-state index in [1.54, 1.807) is 0 Å². The molecule has 0 aliphatic heterocycles. The predicted molar refractivity (Wildman–Crippen MR) is 274 cm³/mol. The zero-order valence-electron chi connectivity index (χ0n) is 41.0. The number of allylic oxidation sites excluding steroid dienone is 20. The van der Waals surface area contributed by atoms with Crippen LogP contribution in [0.15, 0.2) is 122 Å². The Morgan fingerprint density at radius 2 is 0.703 bits per heavy atom. The molecule has 0 aliphatic rings. The van der Waals surface area contributed by atoms with Crippen LogP contribution in [0.3, 0.4) is 0 Å². The third-order valence-corrected chi connectivity index (χ3v) is 10.3. The number of ether oxygens (including phenoxy) is 3. The van der Waals surface area contributed by atoms with Crippen molar-refractivity contribution >= 4 is 17.9 Å². The molecule has 6 nitrogen and oxygen atoms in total. The highest BCUT2D eigenvalue weighted by atomic mass is 16.6. The quantitative estimate of drug-likeness (QED) is 0.0199. The Hall–Kier alpha value is -4.19. The van der Waals surface area contributed by atoms with Gasteiger partial charge in [0.2, 0.25) is 0 Å². The zero-order chi connectivity index (χ0) is 46.5. The smallest absolute Gasteiger partial charge is 0.306 e. The van der Waals surface area contributed by atoms with Gasteiger partial charge in [0.25, 0.3) is 0 Å². The fraction of sp³-hybridized carbons (Fsp3) is 0.603. The van der Waals surface area contributed by atoms with Crippen molar-refractivity contribution in [3.63, 3.8) is 0 Å². The standard InChI is InChI=1S/C58H92O6/c1-4-7-10-13-16-19-22-25-28-29-31-33-36-39-42-45-48-51-57(60)63-54-55(53-62-56(59)50-47-44-41-38-35-32-27-24-21-18-15-12-9-6-3)64-58(61)52-49-46-43-40-37-34-30-26-23-20-17-14-11-8-5-2/h8-9,11-12,14,16-21,23,25-26,28,30-31,33,39,42,55H,4-7,10,13,15,22,24,27,29,32,34-38,40-41,43-54H2,1-3H3/b11-8-,12-9-,17-14-,19-16-,21-18-,23-20-,28-25-,30-26-,33-31-,42-39-. The Labute approximate surface area is 392 Å². The zero-order valence-corrected chi connectivity index (χ0v) is 41.0. The van der Waals surface area contributed by atoms with Gasteiger partial charge in [-0.2, -0.15) is 0 Å². The van der Waals surface area contributed by atoms with Crippen LogP contribution in [0.4, 0.5) is 0 Å². The maximum Gasteiger partial charge on any atom is 0.306 e. The highest BCUT2D eigenvalue weighted by Crippen LogP contribution is 2.13. The predicted octanol–water partition coefficient (Wildman–Crippen LogP) is 16.9. The molecule has 1 unspecified atom stereocenters. The second-order valence-corrected chi connectivity index (χ2v) is 16.4. The van der Waals surface area contributed by atoms with Gasteiger partial charge in [-0.05, 0) is 103 Å². The van der Waals surface area contributed by atoms with Gasteiger partial charge in [-0.25, -0.2) is 0 Å². The van der Waals surface area contributed by atoms with Crippen molar-refractivity contribution in [3.8, 4) is 0 Å². The van der Waals surface area contributed by atoms with Gasteiger partial charge in [0, 0.05) is 19.3 Å². The van der Waals surface area contributed by atoms with Crippen molar-refractivity contribution in [1.29, 1.82) is 0 Å². The molecule has 0 aromatic carbocycles. The lowest BCUT2D eigenvalue weighted by atomic mass is 10.1. The Balaban J connectivity index is 4.55. The molecule has 0 saturated carbocycles. The van der Waals surface area contributed by atoms with Gasteiger partial charge in [-0.1, -0.05) is 206 Å². The molecule has 0 aromatic rings. The Kier molecular flexibility index (Phi) is 48.1. The minimum absolute atomic E-state index is 0.113. The molecule has 0 spiro atoms. The third-order valence-electron chi connectivity index (χ3n) is 10.3. The molecule has 0 amide bonds. The lowest BCUT2D eigenvalue weighted by Gasteiger charge is -2.18. The van der Waals surface area contributed by atoms with Crippen LogP contribution in [0.1, 0.15) is 207 Å².